The average molecular weight is 314 g/mol. The quantitative estimate of drug-likeness (QED) is 0.785. The van der Waals surface area contributed by atoms with Gasteiger partial charge in [-0.05, 0) is 36.2 Å². The summed E-state index contributed by atoms with van der Waals surface area (Å²) in [7, 11) is 0. The smallest absolute Gasteiger partial charge is 0.137 e. The molecule has 6 heteroatoms. The second-order valence-corrected chi connectivity index (χ2v) is 5.30. The molecule has 0 bridgehead atoms. The Bertz CT molecular complexity index is 750. The van der Waals surface area contributed by atoms with E-state index in [0.29, 0.717) is 12.1 Å². The Balaban J connectivity index is 1.63. The van der Waals surface area contributed by atoms with E-state index < -0.39 is 11.6 Å². The molecular formula is C17H16F2N4. The van der Waals surface area contributed by atoms with Crippen LogP contribution in [-0.4, -0.2) is 14.5 Å². The molecule has 0 saturated heterocycles. The first-order valence-corrected chi connectivity index (χ1v) is 7.24. The van der Waals surface area contributed by atoms with E-state index in [-0.39, 0.29) is 6.04 Å². The molecule has 0 fully saturated rings. The van der Waals surface area contributed by atoms with Gasteiger partial charge in [0.05, 0.1) is 0 Å². The minimum atomic E-state index is -0.569. The number of nitrogens with zero attached hydrogens (tertiary/aromatic N) is 3. The van der Waals surface area contributed by atoms with Crippen LogP contribution in [0.5, 0.6) is 0 Å². The van der Waals surface area contributed by atoms with E-state index in [2.05, 4.69) is 15.3 Å². The summed E-state index contributed by atoms with van der Waals surface area (Å²) in [5.74, 6) is -0.355. The number of imidazole rings is 1. The molecule has 0 aliphatic carbocycles. The largest absolute Gasteiger partial charge is 0.306 e. The van der Waals surface area contributed by atoms with Crippen LogP contribution in [0, 0.1) is 11.6 Å². The third-order valence-corrected chi connectivity index (χ3v) is 3.58. The van der Waals surface area contributed by atoms with Crippen LogP contribution in [0.3, 0.4) is 0 Å². The Morgan fingerprint density at radius 3 is 2.57 bits per heavy atom. The van der Waals surface area contributed by atoms with Gasteiger partial charge in [0.1, 0.15) is 23.8 Å². The van der Waals surface area contributed by atoms with Gasteiger partial charge >= 0.3 is 0 Å². The van der Waals surface area contributed by atoms with E-state index in [1.54, 1.807) is 18.7 Å². The molecule has 1 N–H and O–H groups in total. The van der Waals surface area contributed by atoms with Gasteiger partial charge in [0.25, 0.3) is 0 Å². The molecule has 2 aromatic heterocycles. The molecule has 0 spiro atoms. The number of halogens is 2. The van der Waals surface area contributed by atoms with Crippen molar-refractivity contribution >= 4 is 0 Å². The number of pyridine rings is 1. The predicted molar refractivity (Wildman–Crippen MR) is 83.0 cm³/mol. The molecule has 0 radical (unpaired) electrons. The Labute approximate surface area is 132 Å². The van der Waals surface area contributed by atoms with Crippen molar-refractivity contribution in [2.45, 2.75) is 19.5 Å². The van der Waals surface area contributed by atoms with Gasteiger partial charge in [-0.3, -0.25) is 4.57 Å². The zero-order valence-corrected chi connectivity index (χ0v) is 12.6. The summed E-state index contributed by atoms with van der Waals surface area (Å²) in [5.41, 5.74) is 1.56. The van der Waals surface area contributed by atoms with E-state index in [1.165, 1.54) is 12.1 Å². The molecule has 0 aliphatic rings. The minimum Gasteiger partial charge on any atom is -0.306 e. The second kappa shape index (κ2) is 6.66. The van der Waals surface area contributed by atoms with Crippen LogP contribution in [0.15, 0.2) is 55.2 Å². The highest BCUT2D eigenvalue weighted by atomic mass is 19.1. The first kappa shape index (κ1) is 15.3. The third-order valence-electron chi connectivity index (χ3n) is 3.58. The molecule has 118 valence electrons. The number of nitrogens with one attached hydrogen (secondary N) is 1. The minimum absolute atomic E-state index is 0.173. The van der Waals surface area contributed by atoms with Crippen LogP contribution in [0.1, 0.15) is 24.1 Å². The lowest BCUT2D eigenvalue weighted by molar-refractivity contribution is 0.545. The van der Waals surface area contributed by atoms with Crippen molar-refractivity contribution in [3.8, 4) is 5.82 Å². The highest BCUT2D eigenvalue weighted by Gasteiger charge is 2.08. The Morgan fingerprint density at radius 1 is 1.17 bits per heavy atom. The highest BCUT2D eigenvalue weighted by molar-refractivity contribution is 5.26. The lowest BCUT2D eigenvalue weighted by Gasteiger charge is -2.14. The van der Waals surface area contributed by atoms with Crippen LogP contribution in [0.25, 0.3) is 5.82 Å². The van der Waals surface area contributed by atoms with Crippen LogP contribution in [-0.2, 0) is 6.54 Å². The maximum absolute atomic E-state index is 13.2. The van der Waals surface area contributed by atoms with Crippen LogP contribution >= 0.6 is 0 Å². The highest BCUT2D eigenvalue weighted by Crippen LogP contribution is 2.16. The Morgan fingerprint density at radius 2 is 1.96 bits per heavy atom. The molecule has 0 aliphatic heterocycles. The monoisotopic (exact) mass is 314 g/mol. The summed E-state index contributed by atoms with van der Waals surface area (Å²) in [6.45, 7) is 2.41. The summed E-state index contributed by atoms with van der Waals surface area (Å²) < 4.78 is 28.3. The average Bonchev–Trinajstić information content (AvgIpc) is 3.06. The standard InChI is InChI=1S/C17H16F2N4/c1-12(14-6-15(18)8-16(19)7-14)21-9-13-2-3-17(22-10-13)23-5-4-20-11-23/h2-8,10-12,21H,9H2,1H3. The molecule has 4 nitrogen and oxygen atoms in total. The predicted octanol–water partition coefficient (Wildman–Crippen LogP) is 3.40. The van der Waals surface area contributed by atoms with Crippen LogP contribution in [0.4, 0.5) is 8.78 Å². The molecule has 1 atom stereocenters. The lowest BCUT2D eigenvalue weighted by Crippen LogP contribution is -2.18. The van der Waals surface area contributed by atoms with Gasteiger partial charge in [0.15, 0.2) is 0 Å². The molecular weight excluding hydrogens is 298 g/mol. The van der Waals surface area contributed by atoms with Crippen LogP contribution < -0.4 is 5.32 Å². The lowest BCUT2D eigenvalue weighted by atomic mass is 10.1. The summed E-state index contributed by atoms with van der Waals surface area (Å²) in [6.07, 6.45) is 6.96. The van der Waals surface area contributed by atoms with Crippen molar-refractivity contribution in [3.05, 3.63) is 78.0 Å². The zero-order valence-electron chi connectivity index (χ0n) is 12.6. The van der Waals surface area contributed by atoms with Gasteiger partial charge < -0.3 is 5.32 Å². The van der Waals surface area contributed by atoms with Gasteiger partial charge in [0, 0.05) is 37.2 Å². The Hall–Kier alpha value is -2.60. The number of aromatic nitrogens is 3. The second-order valence-electron chi connectivity index (χ2n) is 5.30. The molecule has 1 aromatic carbocycles. The molecule has 0 saturated carbocycles. The van der Waals surface area contributed by atoms with E-state index in [1.807, 2.05) is 29.8 Å². The van der Waals surface area contributed by atoms with Gasteiger partial charge in [0.2, 0.25) is 0 Å². The molecule has 3 rings (SSSR count). The van der Waals surface area contributed by atoms with Crippen molar-refractivity contribution in [2.75, 3.05) is 0 Å². The normalized spacial score (nSPS) is 12.3. The van der Waals surface area contributed by atoms with Crippen molar-refractivity contribution in [3.63, 3.8) is 0 Å². The number of hydrogen-bond donors (Lipinski definition) is 1. The van der Waals surface area contributed by atoms with Crippen molar-refractivity contribution < 1.29 is 8.78 Å². The van der Waals surface area contributed by atoms with E-state index in [0.717, 1.165) is 17.4 Å². The Kier molecular flexibility index (Phi) is 4.43. The van der Waals surface area contributed by atoms with Gasteiger partial charge in [-0.2, -0.15) is 0 Å². The third kappa shape index (κ3) is 3.78. The van der Waals surface area contributed by atoms with Crippen molar-refractivity contribution in [1.82, 2.24) is 19.9 Å². The van der Waals surface area contributed by atoms with Crippen molar-refractivity contribution in [2.24, 2.45) is 0 Å². The maximum Gasteiger partial charge on any atom is 0.137 e. The topological polar surface area (TPSA) is 42.7 Å². The summed E-state index contributed by atoms with van der Waals surface area (Å²) in [5, 5.41) is 3.23. The zero-order chi connectivity index (χ0) is 16.2. The summed E-state index contributed by atoms with van der Waals surface area (Å²) >= 11 is 0. The SMILES string of the molecule is CC(NCc1ccc(-n2ccnc2)nc1)c1cc(F)cc(F)c1. The van der Waals surface area contributed by atoms with Crippen LogP contribution in [0.2, 0.25) is 0 Å². The van der Waals surface area contributed by atoms with Gasteiger partial charge in [-0.15, -0.1) is 0 Å². The fourth-order valence-corrected chi connectivity index (χ4v) is 2.28. The first-order valence-electron chi connectivity index (χ1n) is 7.24. The van der Waals surface area contributed by atoms with E-state index in [9.17, 15) is 8.78 Å². The molecule has 3 aromatic rings. The molecule has 23 heavy (non-hydrogen) atoms. The van der Waals surface area contributed by atoms with E-state index >= 15 is 0 Å². The fraction of sp³-hybridized carbons (Fsp3) is 0.176. The maximum atomic E-state index is 13.2. The number of benzene rings is 1. The van der Waals surface area contributed by atoms with Gasteiger partial charge in [-0.25, -0.2) is 18.7 Å². The molecule has 0 amide bonds. The van der Waals surface area contributed by atoms with E-state index in [4.69, 9.17) is 0 Å². The summed E-state index contributed by atoms with van der Waals surface area (Å²) in [4.78, 5) is 8.34. The molecule has 1 unspecified atom stereocenters. The number of rotatable bonds is 5. The first-order chi connectivity index (χ1) is 11.1. The van der Waals surface area contributed by atoms with Crippen molar-refractivity contribution in [1.29, 1.82) is 0 Å². The fourth-order valence-electron chi connectivity index (χ4n) is 2.28. The van der Waals surface area contributed by atoms with Gasteiger partial charge in [-0.1, -0.05) is 6.07 Å². The number of hydrogen-bond acceptors (Lipinski definition) is 3. The summed E-state index contributed by atoms with van der Waals surface area (Å²) in [6, 6.07) is 7.21. The molecule has 2 heterocycles.